The number of aromatic hydroxyl groups is 1. The molecule has 1 aromatic heterocycles. The summed E-state index contributed by atoms with van der Waals surface area (Å²) in [5.74, 6) is -0.529. The molecular weight excluding hydrogens is 196 g/mol. The van der Waals surface area contributed by atoms with Gasteiger partial charge in [0.05, 0.1) is 18.0 Å². The van der Waals surface area contributed by atoms with Gasteiger partial charge in [-0.15, -0.1) is 10.2 Å². The van der Waals surface area contributed by atoms with Gasteiger partial charge in [-0.1, -0.05) is 0 Å². The Balaban J connectivity index is 2.54. The number of phenols is 1. The van der Waals surface area contributed by atoms with Crippen LogP contribution in [-0.4, -0.2) is 21.2 Å². The van der Waals surface area contributed by atoms with E-state index in [1.54, 1.807) is 0 Å². The molecule has 2 heterocycles. The highest BCUT2D eigenvalue weighted by atomic mass is 16.3. The number of aromatic nitrogens is 2. The molecule has 3 rings (SSSR count). The third-order valence-electron chi connectivity index (χ3n) is 2.26. The topological polar surface area (TPSA) is 87.8 Å². The maximum atomic E-state index is 11.4. The highest BCUT2D eigenvalue weighted by molar-refractivity contribution is 6.14. The summed E-state index contributed by atoms with van der Waals surface area (Å²) in [5, 5.41) is 25.2. The van der Waals surface area contributed by atoms with Gasteiger partial charge in [0.25, 0.3) is 5.91 Å². The van der Waals surface area contributed by atoms with Gasteiger partial charge in [0.2, 0.25) is 0 Å². The lowest BCUT2D eigenvalue weighted by Gasteiger charge is -2.02. The van der Waals surface area contributed by atoms with Gasteiger partial charge in [-0.25, -0.2) is 0 Å². The zero-order valence-electron chi connectivity index (χ0n) is 7.38. The van der Waals surface area contributed by atoms with Crippen molar-refractivity contribution in [1.29, 1.82) is 0 Å². The van der Waals surface area contributed by atoms with E-state index in [1.807, 2.05) is 0 Å². The first-order valence-corrected chi connectivity index (χ1v) is 4.20. The zero-order valence-corrected chi connectivity index (χ0v) is 7.38. The highest BCUT2D eigenvalue weighted by Crippen LogP contribution is 2.40. The molecule has 1 aliphatic heterocycles. The lowest BCUT2D eigenvalue weighted by Crippen LogP contribution is -1.93. The summed E-state index contributed by atoms with van der Waals surface area (Å²) >= 11 is 0. The second kappa shape index (κ2) is 2.57. The third-order valence-corrected chi connectivity index (χ3v) is 2.26. The zero-order chi connectivity index (χ0) is 10.4. The van der Waals surface area contributed by atoms with Crippen molar-refractivity contribution in [3.05, 3.63) is 24.0 Å². The fourth-order valence-electron chi connectivity index (χ4n) is 1.59. The fraction of sp³-hybridized carbons (Fsp3) is 0. The summed E-state index contributed by atoms with van der Waals surface area (Å²) in [7, 11) is 0. The minimum atomic E-state index is -0.459. The molecule has 0 spiro atoms. The van der Waals surface area contributed by atoms with Gasteiger partial charge in [0, 0.05) is 10.8 Å². The molecule has 6 nitrogen and oxygen atoms in total. The molecule has 0 saturated heterocycles. The van der Waals surface area contributed by atoms with Crippen LogP contribution in [-0.2, 0) is 0 Å². The Morgan fingerprint density at radius 3 is 2.80 bits per heavy atom. The van der Waals surface area contributed by atoms with Gasteiger partial charge in [0.1, 0.15) is 11.4 Å². The molecule has 0 bridgehead atoms. The summed E-state index contributed by atoms with van der Waals surface area (Å²) in [4.78, 5) is 11.4. The van der Waals surface area contributed by atoms with E-state index in [2.05, 4.69) is 20.4 Å². The molecule has 1 N–H and O–H groups in total. The molecular formula is C9H4N4O2. The molecule has 1 aromatic carbocycles. The van der Waals surface area contributed by atoms with Crippen LogP contribution < -0.4 is 0 Å². The molecule has 72 valence electrons. The summed E-state index contributed by atoms with van der Waals surface area (Å²) in [6.07, 6.45) is 2.93. The van der Waals surface area contributed by atoms with Crippen molar-refractivity contribution in [2.45, 2.75) is 0 Å². The van der Waals surface area contributed by atoms with E-state index < -0.39 is 5.91 Å². The second-order valence-electron chi connectivity index (χ2n) is 3.12. The van der Waals surface area contributed by atoms with Crippen molar-refractivity contribution < 1.29 is 9.90 Å². The Labute approximate surface area is 83.3 Å². The summed E-state index contributed by atoms with van der Waals surface area (Å²) in [6, 6.07) is 1.49. The van der Waals surface area contributed by atoms with E-state index in [0.717, 1.165) is 0 Å². The largest absolute Gasteiger partial charge is 0.506 e. The number of rotatable bonds is 0. The first-order valence-electron chi connectivity index (χ1n) is 4.20. The van der Waals surface area contributed by atoms with E-state index in [4.69, 9.17) is 0 Å². The van der Waals surface area contributed by atoms with Gasteiger partial charge < -0.3 is 5.11 Å². The number of carbonyl (C=O) groups excluding carboxylic acids is 1. The molecule has 2 aromatic rings. The molecule has 0 radical (unpaired) electrons. The average molecular weight is 200 g/mol. The Kier molecular flexibility index (Phi) is 1.37. The minimum absolute atomic E-state index is 0.0694. The fourth-order valence-corrected chi connectivity index (χ4v) is 1.59. The van der Waals surface area contributed by atoms with Crippen LogP contribution >= 0.6 is 0 Å². The van der Waals surface area contributed by atoms with E-state index >= 15 is 0 Å². The minimum Gasteiger partial charge on any atom is -0.506 e. The van der Waals surface area contributed by atoms with Crippen molar-refractivity contribution in [2.24, 2.45) is 10.2 Å². The molecule has 0 unspecified atom stereocenters. The Morgan fingerprint density at radius 2 is 1.93 bits per heavy atom. The first kappa shape index (κ1) is 7.98. The first-order chi connectivity index (χ1) is 7.27. The number of hydrogen-bond acceptors (Lipinski definition) is 5. The number of fused-ring (bicyclic) bond motifs is 3. The van der Waals surface area contributed by atoms with Crippen LogP contribution in [0.15, 0.2) is 28.7 Å². The lowest BCUT2D eigenvalue weighted by molar-refractivity contribution is 0.100. The van der Waals surface area contributed by atoms with Crippen LogP contribution in [0.5, 0.6) is 5.75 Å². The number of nitrogens with zero attached hydrogens (tertiary/aromatic N) is 4. The smallest absolute Gasteiger partial charge is 0.298 e. The van der Waals surface area contributed by atoms with Crippen LogP contribution in [0.25, 0.3) is 10.8 Å². The van der Waals surface area contributed by atoms with Crippen molar-refractivity contribution in [3.8, 4) is 5.75 Å². The van der Waals surface area contributed by atoms with Crippen LogP contribution in [0.3, 0.4) is 0 Å². The number of azo groups is 1. The van der Waals surface area contributed by atoms with Gasteiger partial charge in [-0.2, -0.15) is 10.2 Å². The van der Waals surface area contributed by atoms with E-state index in [9.17, 15) is 9.90 Å². The number of amides is 1. The van der Waals surface area contributed by atoms with Gasteiger partial charge in [-0.3, -0.25) is 4.79 Å². The quantitative estimate of drug-likeness (QED) is 0.699. The summed E-state index contributed by atoms with van der Waals surface area (Å²) in [5.41, 5.74) is 0.500. The van der Waals surface area contributed by atoms with Crippen LogP contribution in [0, 0.1) is 0 Å². The summed E-state index contributed by atoms with van der Waals surface area (Å²) < 4.78 is 0. The second-order valence-corrected chi connectivity index (χ2v) is 3.12. The maximum absolute atomic E-state index is 11.4. The molecule has 6 heteroatoms. The summed E-state index contributed by atoms with van der Waals surface area (Å²) in [6.45, 7) is 0. The monoisotopic (exact) mass is 200 g/mol. The van der Waals surface area contributed by atoms with E-state index in [1.165, 1.54) is 18.5 Å². The van der Waals surface area contributed by atoms with Crippen molar-refractivity contribution in [3.63, 3.8) is 0 Å². The Morgan fingerprint density at radius 1 is 1.13 bits per heavy atom. The number of benzene rings is 1. The normalized spacial score (nSPS) is 13.5. The lowest BCUT2D eigenvalue weighted by atomic mass is 10.1. The van der Waals surface area contributed by atoms with E-state index in [0.29, 0.717) is 16.3 Å². The van der Waals surface area contributed by atoms with Crippen LogP contribution in [0.1, 0.15) is 10.4 Å². The molecule has 15 heavy (non-hydrogen) atoms. The molecule has 0 fully saturated rings. The van der Waals surface area contributed by atoms with Crippen LogP contribution in [0.4, 0.5) is 5.69 Å². The molecule has 0 aliphatic carbocycles. The van der Waals surface area contributed by atoms with Crippen molar-refractivity contribution in [2.75, 3.05) is 0 Å². The van der Waals surface area contributed by atoms with Gasteiger partial charge in [0.15, 0.2) is 0 Å². The standard InChI is InChI=1S/C9H4N4O2/c14-6-1-4-2-10-11-3-5(4)7-8(6)12-13-9(7)15/h1-3,14H. The predicted octanol–water partition coefficient (Wildman–Crippen LogP) is 1.57. The average Bonchev–Trinajstić information content (AvgIpc) is 2.62. The van der Waals surface area contributed by atoms with Crippen molar-refractivity contribution in [1.82, 2.24) is 10.2 Å². The van der Waals surface area contributed by atoms with Crippen LogP contribution in [0.2, 0.25) is 0 Å². The Hall–Kier alpha value is -2.37. The van der Waals surface area contributed by atoms with Crippen molar-refractivity contribution >= 4 is 22.4 Å². The third kappa shape index (κ3) is 0.954. The van der Waals surface area contributed by atoms with Gasteiger partial charge >= 0.3 is 0 Å². The maximum Gasteiger partial charge on any atom is 0.298 e. The predicted molar refractivity (Wildman–Crippen MR) is 50.0 cm³/mol. The number of carbonyl (C=O) groups is 1. The van der Waals surface area contributed by atoms with E-state index in [-0.39, 0.29) is 11.4 Å². The molecule has 1 amide bonds. The molecule has 0 atom stereocenters. The number of phenolic OH excluding ortho intramolecular Hbond substituents is 1. The molecule has 0 saturated carbocycles. The molecule has 1 aliphatic rings. The highest BCUT2D eigenvalue weighted by Gasteiger charge is 2.24. The Bertz CT molecular complexity index is 621. The van der Waals surface area contributed by atoms with Gasteiger partial charge in [-0.05, 0) is 6.07 Å². The SMILES string of the molecule is O=C1N=Nc2c(O)cc3cnncc3c21. The number of hydrogen-bond donors (Lipinski definition) is 1.